The Balaban J connectivity index is 0.00000342. The standard InChI is InChI=1S/C21H14N2O9S2.Mn/c24-19-16(21(25)26)9-12-3-1-2-4-14(12)18(19)23-22-13-7-5-11-6-8-17(33(27,28)29)20(15(11)10-13)34(30,31)32;/h1-10,24H,(H,25,26)(H,27,28,29)(H,30,31,32);/q;+2/p-2. The zero-order valence-corrected chi connectivity index (χ0v) is 19.9. The molecule has 0 aromatic heterocycles. The summed E-state index contributed by atoms with van der Waals surface area (Å²) >= 11 is 0. The number of hydrogen-bond acceptors (Lipinski definition) is 9. The second-order valence-electron chi connectivity index (χ2n) is 7.06. The molecule has 0 aliphatic carbocycles. The van der Waals surface area contributed by atoms with Crippen molar-refractivity contribution in [1.29, 1.82) is 0 Å². The zero-order valence-electron chi connectivity index (χ0n) is 17.1. The molecule has 1 radical (unpaired) electrons. The van der Waals surface area contributed by atoms with Crippen LogP contribution in [0, 0.1) is 0 Å². The van der Waals surface area contributed by atoms with Crippen LogP contribution in [0.15, 0.2) is 80.7 Å². The van der Waals surface area contributed by atoms with E-state index in [1.165, 1.54) is 24.3 Å². The third-order valence-electron chi connectivity index (χ3n) is 4.92. The molecular formula is C21H12MnN2O9S2. The van der Waals surface area contributed by atoms with E-state index in [4.69, 9.17) is 0 Å². The van der Waals surface area contributed by atoms with Gasteiger partial charge in [-0.2, -0.15) is 27.1 Å². The Hall–Kier alpha value is -3.39. The number of rotatable bonds is 5. The van der Waals surface area contributed by atoms with Crippen molar-refractivity contribution in [2.45, 2.75) is 9.79 Å². The summed E-state index contributed by atoms with van der Waals surface area (Å²) in [6, 6.07) is 13.3. The fourth-order valence-electron chi connectivity index (χ4n) is 3.46. The van der Waals surface area contributed by atoms with Crippen LogP contribution in [-0.2, 0) is 37.3 Å². The van der Waals surface area contributed by atoms with Gasteiger partial charge in [0.05, 0.1) is 17.3 Å². The maximum Gasteiger partial charge on any atom is 2.00 e. The van der Waals surface area contributed by atoms with Crippen LogP contribution in [0.5, 0.6) is 5.75 Å². The van der Waals surface area contributed by atoms with E-state index >= 15 is 0 Å². The number of fused-ring (bicyclic) bond motifs is 2. The smallest absolute Gasteiger partial charge is 0.871 e. The number of nitrogens with zero attached hydrogens (tertiary/aromatic N) is 2. The number of carbonyl (C=O) groups is 1. The van der Waals surface area contributed by atoms with Crippen molar-refractivity contribution >= 4 is 59.1 Å². The van der Waals surface area contributed by atoms with E-state index < -0.39 is 47.3 Å². The summed E-state index contributed by atoms with van der Waals surface area (Å²) < 4.78 is 66.1. The van der Waals surface area contributed by atoms with Crippen molar-refractivity contribution in [1.82, 2.24) is 0 Å². The first-order valence-corrected chi connectivity index (χ1v) is 12.1. The normalized spacial score (nSPS) is 12.2. The molecule has 0 atom stereocenters. The fraction of sp³-hybridized carbons (Fsp3) is 0. The topological polar surface area (TPSA) is 197 Å². The molecule has 0 saturated heterocycles. The molecule has 11 nitrogen and oxygen atoms in total. The number of aromatic carboxylic acids is 1. The second kappa shape index (κ2) is 9.34. The van der Waals surface area contributed by atoms with Crippen LogP contribution in [0.3, 0.4) is 0 Å². The van der Waals surface area contributed by atoms with Crippen molar-refractivity contribution in [3.8, 4) is 5.75 Å². The predicted molar refractivity (Wildman–Crippen MR) is 115 cm³/mol. The van der Waals surface area contributed by atoms with Gasteiger partial charge in [-0.3, -0.25) is 9.11 Å². The summed E-state index contributed by atoms with van der Waals surface area (Å²) in [7, 11) is -10.1. The van der Waals surface area contributed by atoms with Crippen LogP contribution < -0.4 is 10.2 Å². The van der Waals surface area contributed by atoms with Crippen LogP contribution >= 0.6 is 0 Å². The summed E-state index contributed by atoms with van der Waals surface area (Å²) in [5, 5.41) is 32.3. The molecule has 0 spiro atoms. The van der Waals surface area contributed by atoms with Gasteiger partial charge >= 0.3 is 17.1 Å². The monoisotopic (exact) mass is 555 g/mol. The van der Waals surface area contributed by atoms with Crippen LogP contribution in [0.2, 0.25) is 0 Å². The first-order valence-electron chi connectivity index (χ1n) is 9.25. The average molecular weight is 555 g/mol. The molecular weight excluding hydrogens is 543 g/mol. The van der Waals surface area contributed by atoms with Gasteiger partial charge in [0.25, 0.3) is 20.2 Å². The van der Waals surface area contributed by atoms with Crippen molar-refractivity contribution in [2.24, 2.45) is 10.2 Å². The van der Waals surface area contributed by atoms with E-state index in [-0.39, 0.29) is 39.2 Å². The van der Waals surface area contributed by atoms with E-state index in [1.807, 2.05) is 0 Å². The Bertz CT molecular complexity index is 1750. The second-order valence-corrected chi connectivity index (χ2v) is 9.81. The minimum atomic E-state index is -5.11. The van der Waals surface area contributed by atoms with Crippen LogP contribution in [0.4, 0.5) is 11.4 Å². The van der Waals surface area contributed by atoms with Crippen LogP contribution in [-0.4, -0.2) is 31.9 Å². The third kappa shape index (κ3) is 5.03. The Morgan fingerprint density at radius 1 is 0.800 bits per heavy atom. The molecule has 4 aromatic rings. The van der Waals surface area contributed by atoms with Crippen molar-refractivity contribution in [3.05, 3.63) is 66.2 Å². The molecule has 0 amide bonds. The van der Waals surface area contributed by atoms with Crippen LogP contribution in [0.25, 0.3) is 21.5 Å². The Labute approximate surface area is 208 Å². The Morgan fingerprint density at radius 3 is 2.09 bits per heavy atom. The Morgan fingerprint density at radius 2 is 1.46 bits per heavy atom. The molecule has 0 aliphatic rings. The summed E-state index contributed by atoms with van der Waals surface area (Å²) in [6.45, 7) is 0. The zero-order chi connectivity index (χ0) is 24.8. The van der Waals surface area contributed by atoms with Gasteiger partial charge in [0.1, 0.15) is 9.79 Å². The van der Waals surface area contributed by atoms with Crippen molar-refractivity contribution in [3.63, 3.8) is 0 Å². The van der Waals surface area contributed by atoms with Crippen molar-refractivity contribution in [2.75, 3.05) is 0 Å². The number of benzene rings is 4. The van der Waals surface area contributed by atoms with Gasteiger partial charge in [0.15, 0.2) is 0 Å². The summed E-state index contributed by atoms with van der Waals surface area (Å²) in [4.78, 5) is 9.26. The largest absolute Gasteiger partial charge is 2.00 e. The minimum Gasteiger partial charge on any atom is -0.871 e. The molecule has 179 valence electrons. The molecule has 0 bridgehead atoms. The summed E-state index contributed by atoms with van der Waals surface area (Å²) in [5.74, 6) is -2.65. The maximum absolute atomic E-state index is 12.6. The molecule has 0 saturated carbocycles. The van der Waals surface area contributed by atoms with Gasteiger partial charge in [-0.25, -0.2) is 0 Å². The summed E-state index contributed by atoms with van der Waals surface area (Å²) in [6.07, 6.45) is 0. The number of hydrogen-bond donors (Lipinski definition) is 2. The molecule has 0 fully saturated rings. The van der Waals surface area contributed by atoms with Gasteiger partial charge < -0.3 is 15.0 Å². The first kappa shape index (κ1) is 26.2. The molecule has 0 heterocycles. The first-order chi connectivity index (χ1) is 15.9. The molecule has 35 heavy (non-hydrogen) atoms. The van der Waals surface area contributed by atoms with E-state index in [0.29, 0.717) is 10.8 Å². The predicted octanol–water partition coefficient (Wildman–Crippen LogP) is 2.34. The SMILES string of the molecule is O=C([O-])c1cc2ccccc2c(N=Nc2ccc3ccc(S(=O)(=O)O)c(S(=O)(=O)O)c3c2)c1[O-].[Mn+2]. The third-order valence-corrected chi connectivity index (χ3v) is 6.90. The molecule has 0 unspecified atom stereocenters. The van der Waals surface area contributed by atoms with Gasteiger partial charge in [-0.05, 0) is 40.6 Å². The number of carbonyl (C=O) groups excluding carboxylic acids is 1. The number of carboxylic acids is 1. The molecule has 2 N–H and O–H groups in total. The van der Waals surface area contributed by atoms with Gasteiger partial charge in [0.2, 0.25) is 0 Å². The van der Waals surface area contributed by atoms with E-state index in [9.17, 15) is 40.9 Å². The van der Waals surface area contributed by atoms with E-state index in [2.05, 4.69) is 10.2 Å². The summed E-state index contributed by atoms with van der Waals surface area (Å²) in [5.41, 5.74) is -0.996. The van der Waals surface area contributed by atoms with Crippen LogP contribution in [0.1, 0.15) is 10.4 Å². The maximum atomic E-state index is 12.6. The van der Waals surface area contributed by atoms with Gasteiger partial charge in [-0.15, -0.1) is 0 Å². The van der Waals surface area contributed by atoms with E-state index in [1.54, 1.807) is 18.2 Å². The molecule has 4 aromatic carbocycles. The molecule has 4 rings (SSSR count). The number of carboxylic acid groups (broad SMARTS) is 1. The van der Waals surface area contributed by atoms with Gasteiger partial charge in [-0.1, -0.05) is 42.1 Å². The van der Waals surface area contributed by atoms with Gasteiger partial charge in [0, 0.05) is 10.8 Å². The van der Waals surface area contributed by atoms with Crippen molar-refractivity contribution < 1.29 is 58.0 Å². The van der Waals surface area contributed by atoms with E-state index in [0.717, 1.165) is 18.2 Å². The Kier molecular flexibility index (Phi) is 6.99. The molecule has 14 heteroatoms. The average Bonchev–Trinajstić information content (AvgIpc) is 2.75. The number of azo groups is 1. The molecule has 0 aliphatic heterocycles. The quantitative estimate of drug-likeness (QED) is 0.211. The minimum absolute atomic E-state index is 0. The fourth-order valence-corrected chi connectivity index (χ4v) is 5.45.